The first-order valence-corrected chi connectivity index (χ1v) is 11.5. The smallest absolute Gasteiger partial charge is 0.225 e. The first-order chi connectivity index (χ1) is 13.6. The van der Waals surface area contributed by atoms with Gasteiger partial charge in [0.25, 0.3) is 0 Å². The molecule has 1 atom stereocenters. The van der Waals surface area contributed by atoms with Crippen molar-refractivity contribution in [3.8, 4) is 0 Å². The molecule has 0 N–H and O–H groups in total. The van der Waals surface area contributed by atoms with Crippen molar-refractivity contribution in [1.29, 1.82) is 0 Å². The summed E-state index contributed by atoms with van der Waals surface area (Å²) in [7, 11) is 0. The van der Waals surface area contributed by atoms with Crippen LogP contribution in [0, 0.1) is 11.8 Å². The second kappa shape index (κ2) is 8.70. The molecule has 6 heteroatoms. The molecule has 1 saturated carbocycles. The predicted molar refractivity (Wildman–Crippen MR) is 106 cm³/mol. The number of hydrogen-bond acceptors (Lipinski definition) is 4. The molecule has 0 aromatic heterocycles. The lowest BCUT2D eigenvalue weighted by atomic mass is 9.80. The maximum absolute atomic E-state index is 13.0. The SMILES string of the molecule is CCC1CCCCN1C(=O)C1CCC(C(=O)N2CCC3(CC2)OCCO3)CC1. The third-order valence-electron chi connectivity index (χ3n) is 7.46. The Morgan fingerprint density at radius 2 is 1.46 bits per heavy atom. The molecular formula is C22H36N2O4. The summed E-state index contributed by atoms with van der Waals surface area (Å²) in [4.78, 5) is 30.2. The van der Waals surface area contributed by atoms with Crippen molar-refractivity contribution >= 4 is 11.8 Å². The van der Waals surface area contributed by atoms with Crippen molar-refractivity contribution in [1.82, 2.24) is 9.80 Å². The second-order valence-corrected chi connectivity index (χ2v) is 9.07. The number of rotatable bonds is 3. The van der Waals surface area contributed by atoms with Gasteiger partial charge in [-0.2, -0.15) is 0 Å². The summed E-state index contributed by atoms with van der Waals surface area (Å²) >= 11 is 0. The Morgan fingerprint density at radius 3 is 2.07 bits per heavy atom. The molecule has 1 spiro atoms. The zero-order chi connectivity index (χ0) is 19.6. The van der Waals surface area contributed by atoms with Gasteiger partial charge in [0.2, 0.25) is 11.8 Å². The van der Waals surface area contributed by atoms with Gasteiger partial charge in [-0.25, -0.2) is 0 Å². The summed E-state index contributed by atoms with van der Waals surface area (Å²) in [5.41, 5.74) is 0. The van der Waals surface area contributed by atoms with Crippen LogP contribution in [-0.2, 0) is 19.1 Å². The molecule has 0 aromatic carbocycles. The van der Waals surface area contributed by atoms with Crippen molar-refractivity contribution < 1.29 is 19.1 Å². The van der Waals surface area contributed by atoms with Crippen LogP contribution in [-0.4, -0.2) is 66.3 Å². The van der Waals surface area contributed by atoms with Crippen LogP contribution in [0.15, 0.2) is 0 Å². The van der Waals surface area contributed by atoms with E-state index in [1.54, 1.807) is 0 Å². The van der Waals surface area contributed by atoms with E-state index in [9.17, 15) is 9.59 Å². The van der Waals surface area contributed by atoms with Gasteiger partial charge in [0.05, 0.1) is 13.2 Å². The van der Waals surface area contributed by atoms with Crippen molar-refractivity contribution in [2.75, 3.05) is 32.8 Å². The zero-order valence-electron chi connectivity index (χ0n) is 17.4. The van der Waals surface area contributed by atoms with Crippen molar-refractivity contribution in [3.05, 3.63) is 0 Å². The lowest BCUT2D eigenvalue weighted by molar-refractivity contribution is -0.188. The van der Waals surface area contributed by atoms with Gasteiger partial charge in [0.1, 0.15) is 0 Å². The quantitative estimate of drug-likeness (QED) is 0.741. The van der Waals surface area contributed by atoms with E-state index in [0.717, 1.165) is 77.4 Å². The highest BCUT2D eigenvalue weighted by molar-refractivity contribution is 5.81. The van der Waals surface area contributed by atoms with E-state index in [2.05, 4.69) is 11.8 Å². The van der Waals surface area contributed by atoms with Crippen molar-refractivity contribution in [2.45, 2.75) is 83.0 Å². The highest BCUT2D eigenvalue weighted by Gasteiger charge is 2.42. The zero-order valence-corrected chi connectivity index (χ0v) is 17.4. The van der Waals surface area contributed by atoms with E-state index in [-0.39, 0.29) is 17.7 Å². The molecule has 1 aliphatic carbocycles. The van der Waals surface area contributed by atoms with Crippen LogP contribution in [0.4, 0.5) is 0 Å². The number of ether oxygens (including phenoxy) is 2. The molecule has 6 nitrogen and oxygen atoms in total. The standard InChI is InChI=1S/C22H36N2O4/c1-2-19-5-3-4-12-24(19)21(26)18-8-6-17(7-9-18)20(25)23-13-10-22(11-14-23)27-15-16-28-22/h17-19H,2-16H2,1H3. The maximum Gasteiger partial charge on any atom is 0.225 e. The van der Waals surface area contributed by atoms with Gasteiger partial charge in [-0.3, -0.25) is 9.59 Å². The normalized spacial score (nSPS) is 33.2. The summed E-state index contributed by atoms with van der Waals surface area (Å²) < 4.78 is 11.5. The Hall–Kier alpha value is -1.14. The second-order valence-electron chi connectivity index (χ2n) is 9.07. The Kier molecular flexibility index (Phi) is 6.26. The monoisotopic (exact) mass is 392 g/mol. The molecular weight excluding hydrogens is 356 g/mol. The summed E-state index contributed by atoms with van der Waals surface area (Å²) in [6, 6.07) is 0.432. The number of nitrogens with zero attached hydrogens (tertiary/aromatic N) is 2. The van der Waals surface area contributed by atoms with Crippen molar-refractivity contribution in [2.24, 2.45) is 11.8 Å². The molecule has 0 radical (unpaired) electrons. The lowest BCUT2D eigenvalue weighted by Crippen LogP contribution is -2.50. The highest BCUT2D eigenvalue weighted by atomic mass is 16.7. The average molecular weight is 393 g/mol. The first kappa shape index (κ1) is 20.1. The van der Waals surface area contributed by atoms with Gasteiger partial charge in [0.15, 0.2) is 5.79 Å². The van der Waals surface area contributed by atoms with Crippen LogP contribution in [0.25, 0.3) is 0 Å². The molecule has 2 amide bonds. The lowest BCUT2D eigenvalue weighted by Gasteiger charge is -2.41. The van der Waals surface area contributed by atoms with E-state index in [1.807, 2.05) is 4.90 Å². The fourth-order valence-corrected chi connectivity index (χ4v) is 5.65. The molecule has 0 aromatic rings. The van der Waals surface area contributed by atoms with Crippen LogP contribution in [0.1, 0.15) is 71.1 Å². The number of likely N-dealkylation sites (tertiary alicyclic amines) is 2. The summed E-state index contributed by atoms with van der Waals surface area (Å²) in [6.07, 6.45) is 9.60. The molecule has 0 bridgehead atoms. The van der Waals surface area contributed by atoms with Crippen LogP contribution in [0.5, 0.6) is 0 Å². The molecule has 158 valence electrons. The minimum atomic E-state index is -0.425. The molecule has 3 saturated heterocycles. The first-order valence-electron chi connectivity index (χ1n) is 11.5. The average Bonchev–Trinajstić information content (AvgIpc) is 3.21. The Labute approximate surface area is 168 Å². The van der Waals surface area contributed by atoms with Crippen LogP contribution in [0.2, 0.25) is 0 Å². The third-order valence-corrected chi connectivity index (χ3v) is 7.46. The molecule has 4 aliphatic rings. The van der Waals surface area contributed by atoms with Gasteiger partial charge in [-0.05, 0) is 51.4 Å². The fourth-order valence-electron chi connectivity index (χ4n) is 5.65. The number of amides is 2. The van der Waals surface area contributed by atoms with Gasteiger partial charge in [-0.1, -0.05) is 6.92 Å². The molecule has 3 aliphatic heterocycles. The summed E-state index contributed by atoms with van der Waals surface area (Å²) in [6.45, 7) is 5.91. The van der Waals surface area contributed by atoms with E-state index in [1.165, 1.54) is 6.42 Å². The Balaban J connectivity index is 1.26. The summed E-state index contributed by atoms with van der Waals surface area (Å²) in [5, 5.41) is 0. The van der Waals surface area contributed by atoms with E-state index >= 15 is 0 Å². The van der Waals surface area contributed by atoms with E-state index < -0.39 is 5.79 Å². The third kappa shape index (κ3) is 4.09. The van der Waals surface area contributed by atoms with Gasteiger partial charge in [0, 0.05) is 50.4 Å². The number of hydrogen-bond donors (Lipinski definition) is 0. The van der Waals surface area contributed by atoms with Crippen LogP contribution >= 0.6 is 0 Å². The maximum atomic E-state index is 13.0. The minimum Gasteiger partial charge on any atom is -0.347 e. The Bertz CT molecular complexity index is 557. The fraction of sp³-hybridized carbons (Fsp3) is 0.909. The number of piperidine rings is 2. The van der Waals surface area contributed by atoms with Crippen LogP contribution in [0.3, 0.4) is 0 Å². The highest BCUT2D eigenvalue weighted by Crippen LogP contribution is 2.36. The number of carbonyl (C=O) groups excluding carboxylic acids is 2. The number of carbonyl (C=O) groups is 2. The van der Waals surface area contributed by atoms with Gasteiger partial charge >= 0.3 is 0 Å². The van der Waals surface area contributed by atoms with Crippen LogP contribution < -0.4 is 0 Å². The largest absolute Gasteiger partial charge is 0.347 e. The van der Waals surface area contributed by atoms with Gasteiger partial charge < -0.3 is 19.3 Å². The molecule has 1 unspecified atom stereocenters. The van der Waals surface area contributed by atoms with E-state index in [4.69, 9.17) is 9.47 Å². The van der Waals surface area contributed by atoms with Crippen molar-refractivity contribution in [3.63, 3.8) is 0 Å². The minimum absolute atomic E-state index is 0.0897. The molecule has 4 fully saturated rings. The van der Waals surface area contributed by atoms with Gasteiger partial charge in [-0.15, -0.1) is 0 Å². The van der Waals surface area contributed by atoms with E-state index in [0.29, 0.717) is 25.2 Å². The molecule has 3 heterocycles. The summed E-state index contributed by atoms with van der Waals surface area (Å²) in [5.74, 6) is 0.425. The predicted octanol–water partition coefficient (Wildman–Crippen LogP) is 2.95. The topological polar surface area (TPSA) is 59.1 Å². The molecule has 28 heavy (non-hydrogen) atoms. The molecule has 4 rings (SSSR count). The Morgan fingerprint density at radius 1 is 0.857 bits per heavy atom.